The fourth-order valence-corrected chi connectivity index (χ4v) is 1.95. The van der Waals surface area contributed by atoms with Crippen molar-refractivity contribution in [2.75, 3.05) is 0 Å². The largest absolute Gasteiger partial charge is 0.300 e. The van der Waals surface area contributed by atoms with Crippen LogP contribution in [0.25, 0.3) is 0 Å². The molecular weight excluding hydrogens is 228 g/mol. The Kier molecular flexibility index (Phi) is 3.26. The van der Waals surface area contributed by atoms with Crippen LogP contribution in [-0.2, 0) is 11.2 Å². The first-order valence-electron chi connectivity index (χ1n) is 4.25. The van der Waals surface area contributed by atoms with E-state index in [-0.39, 0.29) is 5.78 Å². The smallest absolute Gasteiger partial charge is 0.134 e. The zero-order valence-corrected chi connectivity index (χ0v) is 9.73. The van der Waals surface area contributed by atoms with Crippen molar-refractivity contribution in [2.45, 2.75) is 27.2 Å². The molecule has 1 rings (SSSR count). The monoisotopic (exact) mass is 240 g/mol. The van der Waals surface area contributed by atoms with Crippen LogP contribution < -0.4 is 0 Å². The molecule has 1 aromatic carbocycles. The van der Waals surface area contributed by atoms with Crippen molar-refractivity contribution in [1.29, 1.82) is 0 Å². The van der Waals surface area contributed by atoms with Gasteiger partial charge in [-0.05, 0) is 43.5 Å². The highest BCUT2D eigenvalue weighted by atomic mass is 79.9. The lowest BCUT2D eigenvalue weighted by atomic mass is 10.0. The van der Waals surface area contributed by atoms with Crippen molar-refractivity contribution >= 4 is 21.7 Å². The molecule has 70 valence electrons. The fraction of sp³-hybridized carbons (Fsp3) is 0.364. The summed E-state index contributed by atoms with van der Waals surface area (Å²) in [5.74, 6) is 0.209. The number of benzene rings is 1. The summed E-state index contributed by atoms with van der Waals surface area (Å²) in [6, 6.07) is 4.14. The molecule has 0 saturated heterocycles. The third-order valence-corrected chi connectivity index (χ3v) is 2.86. The van der Waals surface area contributed by atoms with Crippen LogP contribution in [0.4, 0.5) is 0 Å². The number of ketones is 1. The molecule has 1 aromatic rings. The molecule has 0 aliphatic carbocycles. The highest BCUT2D eigenvalue weighted by Crippen LogP contribution is 2.22. The summed E-state index contributed by atoms with van der Waals surface area (Å²) >= 11 is 3.48. The Balaban J connectivity index is 3.12. The number of aryl methyl sites for hydroxylation is 1. The van der Waals surface area contributed by atoms with E-state index in [1.807, 2.05) is 13.8 Å². The van der Waals surface area contributed by atoms with Crippen LogP contribution in [-0.4, -0.2) is 5.78 Å². The van der Waals surface area contributed by atoms with E-state index in [9.17, 15) is 4.79 Å². The van der Waals surface area contributed by atoms with E-state index < -0.39 is 0 Å². The minimum absolute atomic E-state index is 0.209. The summed E-state index contributed by atoms with van der Waals surface area (Å²) in [6.45, 7) is 5.69. The number of hydrogen-bond donors (Lipinski definition) is 0. The lowest BCUT2D eigenvalue weighted by Gasteiger charge is -2.07. The Hall–Kier alpha value is -0.630. The van der Waals surface area contributed by atoms with E-state index in [4.69, 9.17) is 0 Å². The average molecular weight is 241 g/mol. The molecule has 0 aliphatic heterocycles. The Morgan fingerprint density at radius 3 is 2.54 bits per heavy atom. The highest BCUT2D eigenvalue weighted by Gasteiger charge is 2.05. The fourth-order valence-electron chi connectivity index (χ4n) is 1.34. The molecular formula is C11H13BrO. The maximum absolute atomic E-state index is 11.0. The first kappa shape index (κ1) is 10.5. The molecule has 0 saturated carbocycles. The molecule has 0 atom stereocenters. The predicted molar refractivity (Wildman–Crippen MR) is 58.0 cm³/mol. The molecule has 0 fully saturated rings. The molecule has 0 unspecified atom stereocenters. The van der Waals surface area contributed by atoms with Crippen molar-refractivity contribution in [3.05, 3.63) is 33.3 Å². The summed E-state index contributed by atoms with van der Waals surface area (Å²) in [7, 11) is 0. The SMILES string of the molecule is CC(=O)Cc1cc(C)cc(Br)c1C. The number of carbonyl (C=O) groups excluding carboxylic acids is 1. The number of carbonyl (C=O) groups is 1. The van der Waals surface area contributed by atoms with Gasteiger partial charge in [0.25, 0.3) is 0 Å². The zero-order valence-electron chi connectivity index (χ0n) is 8.15. The minimum Gasteiger partial charge on any atom is -0.300 e. The number of halogens is 1. The van der Waals surface area contributed by atoms with Crippen LogP contribution in [0.1, 0.15) is 23.6 Å². The Morgan fingerprint density at radius 2 is 2.00 bits per heavy atom. The maximum Gasteiger partial charge on any atom is 0.134 e. The molecule has 0 aromatic heterocycles. The standard InChI is InChI=1S/C11H13BrO/c1-7-4-10(6-8(2)13)9(3)11(12)5-7/h4-5H,6H2,1-3H3. The summed E-state index contributed by atoms with van der Waals surface area (Å²) in [6.07, 6.45) is 0.534. The van der Waals surface area contributed by atoms with Crippen LogP contribution in [0.3, 0.4) is 0 Å². The quantitative estimate of drug-likeness (QED) is 0.777. The van der Waals surface area contributed by atoms with Gasteiger partial charge in [0, 0.05) is 10.9 Å². The first-order valence-corrected chi connectivity index (χ1v) is 5.05. The Bertz CT molecular complexity index is 342. The van der Waals surface area contributed by atoms with Crippen molar-refractivity contribution in [2.24, 2.45) is 0 Å². The van der Waals surface area contributed by atoms with Gasteiger partial charge in [-0.15, -0.1) is 0 Å². The topological polar surface area (TPSA) is 17.1 Å². The van der Waals surface area contributed by atoms with Gasteiger partial charge in [-0.1, -0.05) is 22.0 Å². The van der Waals surface area contributed by atoms with Gasteiger partial charge in [-0.2, -0.15) is 0 Å². The predicted octanol–water partition coefficient (Wildman–Crippen LogP) is 3.20. The lowest BCUT2D eigenvalue weighted by molar-refractivity contribution is -0.116. The molecule has 0 amide bonds. The van der Waals surface area contributed by atoms with Crippen LogP contribution in [0.2, 0.25) is 0 Å². The van der Waals surface area contributed by atoms with Gasteiger partial charge in [0.05, 0.1) is 0 Å². The second kappa shape index (κ2) is 4.05. The molecule has 13 heavy (non-hydrogen) atoms. The van der Waals surface area contributed by atoms with Crippen LogP contribution >= 0.6 is 15.9 Å². The average Bonchev–Trinajstić information content (AvgIpc) is 1.98. The second-order valence-electron chi connectivity index (χ2n) is 3.41. The van der Waals surface area contributed by atoms with Crippen molar-refractivity contribution < 1.29 is 4.79 Å². The summed E-state index contributed by atoms with van der Waals surface area (Å²) in [5.41, 5.74) is 3.48. The van der Waals surface area contributed by atoms with Crippen LogP contribution in [0, 0.1) is 13.8 Å². The summed E-state index contributed by atoms with van der Waals surface area (Å²) in [4.78, 5) is 11.0. The van der Waals surface area contributed by atoms with Gasteiger partial charge in [-0.25, -0.2) is 0 Å². The van der Waals surface area contributed by atoms with E-state index in [1.165, 1.54) is 11.1 Å². The Labute approximate surface area is 87.3 Å². The lowest BCUT2D eigenvalue weighted by Crippen LogP contribution is -1.99. The number of hydrogen-bond acceptors (Lipinski definition) is 1. The molecule has 0 spiro atoms. The normalized spacial score (nSPS) is 10.2. The van der Waals surface area contributed by atoms with E-state index in [2.05, 4.69) is 28.1 Å². The number of rotatable bonds is 2. The summed E-state index contributed by atoms with van der Waals surface area (Å²) in [5, 5.41) is 0. The van der Waals surface area contributed by atoms with Gasteiger partial charge in [0.1, 0.15) is 5.78 Å². The number of Topliss-reactive ketones (excluding diaryl/α,β-unsaturated/α-hetero) is 1. The van der Waals surface area contributed by atoms with Crippen LogP contribution in [0.5, 0.6) is 0 Å². The molecule has 0 aliphatic rings. The van der Waals surface area contributed by atoms with Crippen LogP contribution in [0.15, 0.2) is 16.6 Å². The van der Waals surface area contributed by atoms with Gasteiger partial charge in [0.15, 0.2) is 0 Å². The van der Waals surface area contributed by atoms with E-state index in [0.717, 1.165) is 10.0 Å². The third kappa shape index (κ3) is 2.66. The van der Waals surface area contributed by atoms with E-state index in [0.29, 0.717) is 6.42 Å². The van der Waals surface area contributed by atoms with Gasteiger partial charge in [0.2, 0.25) is 0 Å². The Morgan fingerprint density at radius 1 is 1.38 bits per heavy atom. The highest BCUT2D eigenvalue weighted by molar-refractivity contribution is 9.10. The zero-order chi connectivity index (χ0) is 10.0. The van der Waals surface area contributed by atoms with E-state index >= 15 is 0 Å². The van der Waals surface area contributed by atoms with Gasteiger partial charge < -0.3 is 0 Å². The van der Waals surface area contributed by atoms with Gasteiger partial charge in [-0.3, -0.25) is 4.79 Å². The second-order valence-corrected chi connectivity index (χ2v) is 4.26. The molecule has 0 heterocycles. The summed E-state index contributed by atoms with van der Waals surface area (Å²) < 4.78 is 1.09. The molecule has 0 N–H and O–H groups in total. The maximum atomic E-state index is 11.0. The molecule has 2 heteroatoms. The van der Waals surface area contributed by atoms with Crippen molar-refractivity contribution in [3.8, 4) is 0 Å². The molecule has 0 bridgehead atoms. The third-order valence-electron chi connectivity index (χ3n) is 2.04. The molecule has 1 nitrogen and oxygen atoms in total. The minimum atomic E-state index is 0.209. The van der Waals surface area contributed by atoms with Crippen molar-refractivity contribution in [1.82, 2.24) is 0 Å². The van der Waals surface area contributed by atoms with Crippen molar-refractivity contribution in [3.63, 3.8) is 0 Å². The van der Waals surface area contributed by atoms with E-state index in [1.54, 1.807) is 6.92 Å². The first-order chi connectivity index (χ1) is 6.00. The van der Waals surface area contributed by atoms with Gasteiger partial charge >= 0.3 is 0 Å². The molecule has 0 radical (unpaired) electrons.